The lowest BCUT2D eigenvalue weighted by atomic mass is 10.1. The van der Waals surface area contributed by atoms with E-state index < -0.39 is 15.8 Å². The lowest BCUT2D eigenvalue weighted by molar-refractivity contribution is 0.601. The molecule has 0 amide bonds. The summed E-state index contributed by atoms with van der Waals surface area (Å²) >= 11 is 0. The fourth-order valence-electron chi connectivity index (χ4n) is 2.24. The van der Waals surface area contributed by atoms with Gasteiger partial charge in [0, 0.05) is 0 Å². The van der Waals surface area contributed by atoms with Gasteiger partial charge in [0.25, 0.3) is 10.0 Å². The highest BCUT2D eigenvalue weighted by Gasteiger charge is 2.16. The molecular formula is C17H14FNO2S. The second-order valence-electron chi connectivity index (χ2n) is 5.07. The van der Waals surface area contributed by atoms with Gasteiger partial charge in [-0.25, -0.2) is 12.8 Å². The zero-order valence-electron chi connectivity index (χ0n) is 11.9. The predicted octanol–water partition coefficient (Wildman–Crippen LogP) is 4.09. The van der Waals surface area contributed by atoms with Crippen molar-refractivity contribution in [2.75, 3.05) is 4.72 Å². The highest BCUT2D eigenvalue weighted by Crippen LogP contribution is 2.23. The van der Waals surface area contributed by atoms with Crippen LogP contribution in [0.15, 0.2) is 65.6 Å². The molecule has 0 fully saturated rings. The Morgan fingerprint density at radius 1 is 0.909 bits per heavy atom. The van der Waals surface area contributed by atoms with E-state index in [0.29, 0.717) is 5.56 Å². The van der Waals surface area contributed by atoms with Gasteiger partial charge < -0.3 is 0 Å². The first kappa shape index (κ1) is 14.5. The molecule has 0 spiro atoms. The summed E-state index contributed by atoms with van der Waals surface area (Å²) < 4.78 is 40.7. The van der Waals surface area contributed by atoms with Crippen LogP contribution in [0.4, 0.5) is 10.1 Å². The molecular weight excluding hydrogens is 301 g/mol. The molecule has 112 valence electrons. The van der Waals surface area contributed by atoms with Crippen molar-refractivity contribution >= 4 is 26.5 Å². The highest BCUT2D eigenvalue weighted by atomic mass is 32.2. The van der Waals surface area contributed by atoms with Crippen molar-refractivity contribution in [3.05, 3.63) is 72.0 Å². The van der Waals surface area contributed by atoms with Gasteiger partial charge in [0.05, 0.1) is 10.6 Å². The zero-order valence-corrected chi connectivity index (χ0v) is 12.7. The van der Waals surface area contributed by atoms with E-state index in [1.54, 1.807) is 25.1 Å². The number of aryl methyl sites for hydroxylation is 1. The fraction of sp³-hybridized carbons (Fsp3) is 0.0588. The van der Waals surface area contributed by atoms with Crippen molar-refractivity contribution in [1.82, 2.24) is 0 Å². The van der Waals surface area contributed by atoms with Crippen LogP contribution in [0.2, 0.25) is 0 Å². The molecule has 3 rings (SSSR count). The Hall–Kier alpha value is -2.40. The van der Waals surface area contributed by atoms with Gasteiger partial charge in [0.1, 0.15) is 5.82 Å². The normalized spacial score (nSPS) is 11.5. The van der Waals surface area contributed by atoms with Crippen molar-refractivity contribution in [3.63, 3.8) is 0 Å². The number of nitrogens with one attached hydrogen (secondary N) is 1. The largest absolute Gasteiger partial charge is 0.279 e. The molecule has 3 nitrogen and oxygen atoms in total. The minimum Gasteiger partial charge on any atom is -0.279 e. The van der Waals surface area contributed by atoms with Crippen molar-refractivity contribution < 1.29 is 12.8 Å². The number of fused-ring (bicyclic) bond motifs is 1. The number of sulfonamides is 1. The van der Waals surface area contributed by atoms with E-state index in [-0.39, 0.29) is 10.6 Å². The Kier molecular flexibility index (Phi) is 3.58. The summed E-state index contributed by atoms with van der Waals surface area (Å²) in [4.78, 5) is 0.148. The summed E-state index contributed by atoms with van der Waals surface area (Å²) in [6.07, 6.45) is 0. The Labute approximate surface area is 128 Å². The van der Waals surface area contributed by atoms with Gasteiger partial charge in [-0.05, 0) is 47.5 Å². The second kappa shape index (κ2) is 5.42. The maximum Gasteiger partial charge on any atom is 0.261 e. The smallest absolute Gasteiger partial charge is 0.261 e. The van der Waals surface area contributed by atoms with Gasteiger partial charge in [0.2, 0.25) is 0 Å². The van der Waals surface area contributed by atoms with Crippen LogP contribution in [-0.4, -0.2) is 8.42 Å². The standard InChI is InChI=1S/C17H14FNO2S/c1-12-6-8-15(18)11-17(12)19-22(20,21)16-9-7-13-4-2-3-5-14(13)10-16/h2-11,19H,1H3. The van der Waals surface area contributed by atoms with E-state index in [4.69, 9.17) is 0 Å². The third kappa shape index (κ3) is 2.80. The molecule has 1 N–H and O–H groups in total. The van der Waals surface area contributed by atoms with Crippen molar-refractivity contribution in [2.24, 2.45) is 0 Å². The quantitative estimate of drug-likeness (QED) is 0.791. The summed E-state index contributed by atoms with van der Waals surface area (Å²) in [5.74, 6) is -0.484. The van der Waals surface area contributed by atoms with Crippen molar-refractivity contribution in [3.8, 4) is 0 Å². The third-order valence-electron chi connectivity index (χ3n) is 3.48. The lowest BCUT2D eigenvalue weighted by Gasteiger charge is -2.11. The van der Waals surface area contributed by atoms with Gasteiger partial charge in [-0.15, -0.1) is 0 Å². The van der Waals surface area contributed by atoms with Crippen molar-refractivity contribution in [2.45, 2.75) is 11.8 Å². The SMILES string of the molecule is Cc1ccc(F)cc1NS(=O)(=O)c1ccc2ccccc2c1. The summed E-state index contributed by atoms with van der Waals surface area (Å²) in [7, 11) is -3.76. The number of benzene rings is 3. The summed E-state index contributed by atoms with van der Waals surface area (Å²) in [5.41, 5.74) is 0.902. The minimum absolute atomic E-state index is 0.148. The van der Waals surface area contributed by atoms with Crippen LogP contribution in [-0.2, 0) is 10.0 Å². The Balaban J connectivity index is 2.02. The molecule has 0 heterocycles. The van der Waals surface area contributed by atoms with E-state index in [1.807, 2.05) is 24.3 Å². The first-order valence-electron chi connectivity index (χ1n) is 6.73. The van der Waals surface area contributed by atoms with Gasteiger partial charge in [-0.3, -0.25) is 4.72 Å². The first-order chi connectivity index (χ1) is 10.5. The first-order valence-corrected chi connectivity index (χ1v) is 8.22. The lowest BCUT2D eigenvalue weighted by Crippen LogP contribution is -2.13. The predicted molar refractivity (Wildman–Crippen MR) is 85.9 cm³/mol. The van der Waals surface area contributed by atoms with Gasteiger partial charge >= 0.3 is 0 Å². The molecule has 0 saturated carbocycles. The number of halogens is 1. The van der Waals surface area contributed by atoms with Crippen LogP contribution < -0.4 is 4.72 Å². The fourth-order valence-corrected chi connectivity index (χ4v) is 3.40. The van der Waals surface area contributed by atoms with E-state index in [2.05, 4.69) is 4.72 Å². The van der Waals surface area contributed by atoms with Crippen LogP contribution in [0.5, 0.6) is 0 Å². The molecule has 0 atom stereocenters. The van der Waals surface area contributed by atoms with Crippen LogP contribution in [0.3, 0.4) is 0 Å². The molecule has 0 radical (unpaired) electrons. The molecule has 22 heavy (non-hydrogen) atoms. The second-order valence-corrected chi connectivity index (χ2v) is 6.76. The average Bonchev–Trinajstić information content (AvgIpc) is 2.50. The van der Waals surface area contributed by atoms with E-state index >= 15 is 0 Å². The summed E-state index contributed by atoms with van der Waals surface area (Å²) in [6.45, 7) is 1.72. The molecule has 0 aromatic heterocycles. The van der Waals surface area contributed by atoms with Crippen molar-refractivity contribution in [1.29, 1.82) is 0 Å². The monoisotopic (exact) mass is 315 g/mol. The third-order valence-corrected chi connectivity index (χ3v) is 4.84. The van der Waals surface area contributed by atoms with E-state index in [9.17, 15) is 12.8 Å². The van der Waals surface area contributed by atoms with Gasteiger partial charge in [0.15, 0.2) is 0 Å². The molecule has 0 aliphatic carbocycles. The topological polar surface area (TPSA) is 46.2 Å². The molecule has 0 bridgehead atoms. The minimum atomic E-state index is -3.76. The molecule has 0 aliphatic rings. The molecule has 0 saturated heterocycles. The maximum absolute atomic E-state index is 13.3. The summed E-state index contributed by atoms with van der Waals surface area (Å²) in [6, 6.07) is 16.4. The molecule has 0 aliphatic heterocycles. The summed E-state index contributed by atoms with van der Waals surface area (Å²) in [5, 5.41) is 1.80. The molecule has 3 aromatic carbocycles. The highest BCUT2D eigenvalue weighted by molar-refractivity contribution is 7.92. The molecule has 3 aromatic rings. The average molecular weight is 315 g/mol. The Morgan fingerprint density at radius 2 is 1.64 bits per heavy atom. The maximum atomic E-state index is 13.3. The Morgan fingerprint density at radius 3 is 2.41 bits per heavy atom. The van der Waals surface area contributed by atoms with Gasteiger partial charge in [-0.1, -0.05) is 36.4 Å². The molecule has 5 heteroatoms. The van der Waals surface area contributed by atoms with Crippen LogP contribution in [0, 0.1) is 12.7 Å². The van der Waals surface area contributed by atoms with E-state index in [1.165, 1.54) is 18.2 Å². The van der Waals surface area contributed by atoms with Crippen LogP contribution in [0.1, 0.15) is 5.56 Å². The van der Waals surface area contributed by atoms with Crippen LogP contribution >= 0.6 is 0 Å². The zero-order chi connectivity index (χ0) is 15.7. The molecule has 0 unspecified atom stereocenters. The van der Waals surface area contributed by atoms with Crippen LogP contribution in [0.25, 0.3) is 10.8 Å². The number of rotatable bonds is 3. The number of hydrogen-bond donors (Lipinski definition) is 1. The number of hydrogen-bond acceptors (Lipinski definition) is 2. The number of anilines is 1. The van der Waals surface area contributed by atoms with E-state index in [0.717, 1.165) is 10.8 Å². The Bertz CT molecular complexity index is 952. The van der Waals surface area contributed by atoms with Gasteiger partial charge in [-0.2, -0.15) is 0 Å².